The molecule has 0 fully saturated rings. The van der Waals surface area contributed by atoms with Crippen LogP contribution in [0.1, 0.15) is 0 Å². The summed E-state index contributed by atoms with van der Waals surface area (Å²) in [7, 11) is 0. The van der Waals surface area contributed by atoms with E-state index in [1.54, 1.807) is 43.1 Å². The van der Waals surface area contributed by atoms with E-state index in [9.17, 15) is 4.39 Å². The number of halogens is 1. The maximum Gasteiger partial charge on any atom is 0.178 e. The zero-order valence-electron chi connectivity index (χ0n) is 15.9. The topological polar surface area (TPSA) is 109 Å². The summed E-state index contributed by atoms with van der Waals surface area (Å²) in [6.07, 6.45) is 8.30. The molecule has 0 spiro atoms. The molecular formula is C22H13FN8. The van der Waals surface area contributed by atoms with Crippen LogP contribution in [0, 0.1) is 5.82 Å². The van der Waals surface area contributed by atoms with Gasteiger partial charge in [-0.25, -0.2) is 14.4 Å². The number of hydrogen-bond acceptors (Lipinski definition) is 6. The SMILES string of the molecule is Fc1ccc(-c2ccnc3nc(-c4n[nH]c5cnc(-c6cnccn6)cc45)[nH]c23)cc1. The van der Waals surface area contributed by atoms with Gasteiger partial charge in [0.2, 0.25) is 0 Å². The average Bonchev–Trinajstić information content (AvgIpc) is 3.43. The fourth-order valence-electron chi connectivity index (χ4n) is 3.56. The Morgan fingerprint density at radius 2 is 1.74 bits per heavy atom. The van der Waals surface area contributed by atoms with Crippen LogP contribution in [0.5, 0.6) is 0 Å². The summed E-state index contributed by atoms with van der Waals surface area (Å²) in [5.41, 5.74) is 5.82. The van der Waals surface area contributed by atoms with Crippen molar-refractivity contribution in [2.24, 2.45) is 0 Å². The number of fused-ring (bicyclic) bond motifs is 2. The first kappa shape index (κ1) is 17.3. The molecule has 148 valence electrons. The van der Waals surface area contributed by atoms with Crippen LogP contribution in [-0.2, 0) is 0 Å². The van der Waals surface area contributed by atoms with Crippen molar-refractivity contribution < 1.29 is 4.39 Å². The van der Waals surface area contributed by atoms with Gasteiger partial charge in [-0.3, -0.25) is 20.1 Å². The number of aromatic amines is 2. The summed E-state index contributed by atoms with van der Waals surface area (Å²) < 4.78 is 13.4. The van der Waals surface area contributed by atoms with Gasteiger partial charge >= 0.3 is 0 Å². The van der Waals surface area contributed by atoms with Gasteiger partial charge in [0.15, 0.2) is 11.5 Å². The second kappa shape index (κ2) is 6.77. The first-order valence-corrected chi connectivity index (χ1v) is 9.48. The van der Waals surface area contributed by atoms with Gasteiger partial charge in [0, 0.05) is 29.5 Å². The molecule has 0 saturated heterocycles. The Labute approximate surface area is 174 Å². The third-order valence-electron chi connectivity index (χ3n) is 5.04. The van der Waals surface area contributed by atoms with Gasteiger partial charge in [-0.1, -0.05) is 12.1 Å². The molecule has 0 aliphatic carbocycles. The van der Waals surface area contributed by atoms with Gasteiger partial charge in [-0.15, -0.1) is 0 Å². The molecule has 31 heavy (non-hydrogen) atoms. The first-order chi connectivity index (χ1) is 15.3. The molecule has 1 aromatic carbocycles. The summed E-state index contributed by atoms with van der Waals surface area (Å²) in [6.45, 7) is 0. The second-order valence-corrected chi connectivity index (χ2v) is 6.93. The van der Waals surface area contributed by atoms with Crippen molar-refractivity contribution >= 4 is 22.1 Å². The standard InChI is InChI=1S/C22H13FN8/c23-13-3-1-12(2-4-13)14-5-6-26-21-19(14)28-22(29-21)20-15-9-16(18-10-24-7-8-25-18)27-11-17(15)30-31-20/h1-11H,(H,30,31)(H,26,28,29). The van der Waals surface area contributed by atoms with Crippen LogP contribution in [0.2, 0.25) is 0 Å². The van der Waals surface area contributed by atoms with Crippen molar-refractivity contribution in [2.75, 3.05) is 0 Å². The van der Waals surface area contributed by atoms with Crippen LogP contribution >= 0.6 is 0 Å². The Bertz CT molecular complexity index is 1540. The number of nitrogens with one attached hydrogen (secondary N) is 2. The molecule has 0 aliphatic heterocycles. The van der Waals surface area contributed by atoms with Gasteiger partial charge in [-0.2, -0.15) is 5.10 Å². The maximum atomic E-state index is 13.4. The summed E-state index contributed by atoms with van der Waals surface area (Å²) in [5.74, 6) is 0.287. The van der Waals surface area contributed by atoms with Crippen molar-refractivity contribution in [2.45, 2.75) is 0 Å². The molecule has 0 amide bonds. The molecule has 6 aromatic rings. The molecule has 2 N–H and O–H groups in total. The Balaban J connectivity index is 1.51. The van der Waals surface area contributed by atoms with E-state index in [1.807, 2.05) is 12.1 Å². The number of rotatable bonds is 3. The molecule has 0 saturated carbocycles. The lowest BCUT2D eigenvalue weighted by Gasteiger charge is -2.02. The van der Waals surface area contributed by atoms with Crippen molar-refractivity contribution in [3.63, 3.8) is 0 Å². The van der Waals surface area contributed by atoms with Crippen molar-refractivity contribution in [3.8, 4) is 34.0 Å². The highest BCUT2D eigenvalue weighted by molar-refractivity contribution is 5.96. The first-order valence-electron chi connectivity index (χ1n) is 9.48. The van der Waals surface area contributed by atoms with Crippen molar-refractivity contribution in [1.82, 2.24) is 40.1 Å². The quantitative estimate of drug-likeness (QED) is 0.455. The van der Waals surface area contributed by atoms with E-state index in [1.165, 1.54) is 12.1 Å². The minimum atomic E-state index is -0.283. The molecule has 0 bridgehead atoms. The van der Waals surface area contributed by atoms with Gasteiger partial charge < -0.3 is 4.98 Å². The Hall–Kier alpha value is -4.53. The molecule has 5 heterocycles. The Morgan fingerprint density at radius 3 is 2.58 bits per heavy atom. The van der Waals surface area contributed by atoms with Crippen LogP contribution in [0.25, 0.3) is 56.1 Å². The number of nitrogens with zero attached hydrogens (tertiary/aromatic N) is 6. The highest BCUT2D eigenvalue weighted by Crippen LogP contribution is 2.31. The number of benzene rings is 1. The minimum Gasteiger partial charge on any atom is -0.335 e. The monoisotopic (exact) mass is 408 g/mol. The fraction of sp³-hybridized carbons (Fsp3) is 0. The van der Waals surface area contributed by atoms with Gasteiger partial charge in [0.25, 0.3) is 0 Å². The summed E-state index contributed by atoms with van der Waals surface area (Å²) in [6, 6.07) is 10.1. The van der Waals surface area contributed by atoms with Crippen molar-refractivity contribution in [1.29, 1.82) is 0 Å². The molecule has 5 aromatic heterocycles. The van der Waals surface area contributed by atoms with Crippen LogP contribution in [0.4, 0.5) is 4.39 Å². The zero-order chi connectivity index (χ0) is 20.8. The number of aromatic nitrogens is 8. The fourth-order valence-corrected chi connectivity index (χ4v) is 3.56. The highest BCUT2D eigenvalue weighted by Gasteiger charge is 2.17. The predicted octanol–water partition coefficient (Wildman–Crippen LogP) is 4.16. The van der Waals surface area contributed by atoms with Gasteiger partial charge in [-0.05, 0) is 29.8 Å². The summed E-state index contributed by atoms with van der Waals surface area (Å²) >= 11 is 0. The van der Waals surface area contributed by atoms with Crippen LogP contribution < -0.4 is 0 Å². The van der Waals surface area contributed by atoms with Crippen molar-refractivity contribution in [3.05, 3.63) is 73.2 Å². The third-order valence-corrected chi connectivity index (χ3v) is 5.04. The maximum absolute atomic E-state index is 13.4. The van der Waals surface area contributed by atoms with E-state index in [0.717, 1.165) is 27.5 Å². The van der Waals surface area contributed by atoms with Gasteiger partial charge in [0.05, 0.1) is 29.1 Å². The Morgan fingerprint density at radius 1 is 0.839 bits per heavy atom. The predicted molar refractivity (Wildman–Crippen MR) is 113 cm³/mol. The number of imidazole rings is 1. The molecule has 9 heteroatoms. The summed E-state index contributed by atoms with van der Waals surface area (Å²) in [4.78, 5) is 25.2. The lowest BCUT2D eigenvalue weighted by atomic mass is 10.1. The van der Waals surface area contributed by atoms with E-state index in [0.29, 0.717) is 28.6 Å². The van der Waals surface area contributed by atoms with Gasteiger partial charge in [0.1, 0.15) is 17.2 Å². The lowest BCUT2D eigenvalue weighted by molar-refractivity contribution is 0.628. The second-order valence-electron chi connectivity index (χ2n) is 6.93. The average molecular weight is 408 g/mol. The van der Waals surface area contributed by atoms with Crippen LogP contribution in [-0.4, -0.2) is 40.1 Å². The van der Waals surface area contributed by atoms with E-state index in [4.69, 9.17) is 0 Å². The third kappa shape index (κ3) is 2.91. The molecule has 0 atom stereocenters. The molecular weight excluding hydrogens is 395 g/mol. The number of pyridine rings is 2. The van der Waals surface area contributed by atoms with Crippen LogP contribution in [0.3, 0.4) is 0 Å². The summed E-state index contributed by atoms with van der Waals surface area (Å²) in [5, 5.41) is 8.27. The smallest absolute Gasteiger partial charge is 0.178 e. The largest absolute Gasteiger partial charge is 0.335 e. The zero-order valence-corrected chi connectivity index (χ0v) is 15.9. The van der Waals surface area contributed by atoms with E-state index in [2.05, 4.69) is 40.1 Å². The Kier molecular flexibility index (Phi) is 3.79. The van der Waals surface area contributed by atoms with E-state index < -0.39 is 0 Å². The molecule has 8 nitrogen and oxygen atoms in total. The molecule has 6 rings (SSSR count). The normalized spacial score (nSPS) is 11.4. The van der Waals surface area contributed by atoms with E-state index in [-0.39, 0.29) is 5.82 Å². The van der Waals surface area contributed by atoms with E-state index >= 15 is 0 Å². The lowest BCUT2D eigenvalue weighted by Crippen LogP contribution is -1.88. The minimum absolute atomic E-state index is 0.283. The molecule has 0 unspecified atom stereocenters. The van der Waals surface area contributed by atoms with Crippen LogP contribution in [0.15, 0.2) is 67.4 Å². The highest BCUT2D eigenvalue weighted by atomic mass is 19.1. The number of hydrogen-bond donors (Lipinski definition) is 2. The number of H-pyrrole nitrogens is 2. The molecule has 0 radical (unpaired) electrons. The molecule has 0 aliphatic rings.